The molecule has 0 unspecified atom stereocenters. The lowest BCUT2D eigenvalue weighted by Gasteiger charge is -2.33. The second kappa shape index (κ2) is 5.30. The number of hydrogen-bond donors (Lipinski definition) is 1. The summed E-state index contributed by atoms with van der Waals surface area (Å²) in [5.41, 5.74) is 1.85. The lowest BCUT2D eigenvalue weighted by Crippen LogP contribution is -2.36. The SMILES string of the molecule is Cc1ccsc1CNCC1(C)CCOCC1. The van der Waals surface area contributed by atoms with Crippen molar-refractivity contribution in [2.24, 2.45) is 5.41 Å². The highest BCUT2D eigenvalue weighted by Crippen LogP contribution is 2.28. The molecule has 0 saturated carbocycles. The Kier molecular flexibility index (Phi) is 4.00. The van der Waals surface area contributed by atoms with E-state index in [1.54, 1.807) is 0 Å². The number of thiophene rings is 1. The predicted molar refractivity (Wildman–Crippen MR) is 68.9 cm³/mol. The van der Waals surface area contributed by atoms with Gasteiger partial charge in [-0.1, -0.05) is 6.92 Å². The molecule has 3 heteroatoms. The molecule has 1 saturated heterocycles. The first-order chi connectivity index (χ1) is 7.70. The van der Waals surface area contributed by atoms with Crippen LogP contribution in [0.5, 0.6) is 0 Å². The summed E-state index contributed by atoms with van der Waals surface area (Å²) in [5.74, 6) is 0. The van der Waals surface area contributed by atoms with Gasteiger partial charge in [0.2, 0.25) is 0 Å². The van der Waals surface area contributed by atoms with E-state index in [0.717, 1.165) is 26.3 Å². The van der Waals surface area contributed by atoms with Crippen molar-refractivity contribution < 1.29 is 4.74 Å². The maximum Gasteiger partial charge on any atom is 0.0471 e. The van der Waals surface area contributed by atoms with Gasteiger partial charge in [0, 0.05) is 31.2 Å². The zero-order chi connectivity index (χ0) is 11.4. The van der Waals surface area contributed by atoms with Gasteiger partial charge in [-0.05, 0) is 42.2 Å². The molecule has 2 nitrogen and oxygen atoms in total. The van der Waals surface area contributed by atoms with Crippen molar-refractivity contribution in [1.29, 1.82) is 0 Å². The third-order valence-electron chi connectivity index (χ3n) is 3.51. The van der Waals surface area contributed by atoms with Gasteiger partial charge in [0.15, 0.2) is 0 Å². The van der Waals surface area contributed by atoms with Crippen LogP contribution in [-0.2, 0) is 11.3 Å². The van der Waals surface area contributed by atoms with Gasteiger partial charge in [0.1, 0.15) is 0 Å². The van der Waals surface area contributed by atoms with Crippen molar-refractivity contribution in [2.45, 2.75) is 33.2 Å². The molecule has 0 aromatic carbocycles. The molecule has 0 amide bonds. The predicted octanol–water partition coefficient (Wildman–Crippen LogP) is 2.96. The van der Waals surface area contributed by atoms with Crippen molar-refractivity contribution >= 4 is 11.3 Å². The average molecular weight is 239 g/mol. The number of aryl methyl sites for hydroxylation is 1. The zero-order valence-electron chi connectivity index (χ0n) is 10.2. The first kappa shape index (κ1) is 12.1. The highest BCUT2D eigenvalue weighted by atomic mass is 32.1. The van der Waals surface area contributed by atoms with Crippen LogP contribution in [-0.4, -0.2) is 19.8 Å². The fourth-order valence-electron chi connectivity index (χ4n) is 2.10. The molecule has 1 fully saturated rings. The van der Waals surface area contributed by atoms with Crippen LogP contribution in [0, 0.1) is 12.3 Å². The molecule has 0 radical (unpaired) electrons. The molecule has 0 atom stereocenters. The van der Waals surface area contributed by atoms with E-state index in [4.69, 9.17) is 4.74 Å². The number of nitrogens with one attached hydrogen (secondary N) is 1. The fourth-order valence-corrected chi connectivity index (χ4v) is 2.98. The standard InChI is InChI=1S/C13H21NOS/c1-11-3-8-16-12(11)9-14-10-13(2)4-6-15-7-5-13/h3,8,14H,4-7,9-10H2,1-2H3. The Morgan fingerprint density at radius 1 is 1.44 bits per heavy atom. The summed E-state index contributed by atoms with van der Waals surface area (Å²) in [5, 5.41) is 5.76. The summed E-state index contributed by atoms with van der Waals surface area (Å²) in [6.45, 7) is 8.52. The molecule has 0 aliphatic carbocycles. The molecule has 1 N–H and O–H groups in total. The molecule has 1 aliphatic rings. The van der Waals surface area contributed by atoms with Crippen molar-refractivity contribution in [3.05, 3.63) is 21.9 Å². The molecular formula is C13H21NOS. The monoisotopic (exact) mass is 239 g/mol. The lowest BCUT2D eigenvalue weighted by molar-refractivity contribution is 0.0240. The summed E-state index contributed by atoms with van der Waals surface area (Å²) in [6.07, 6.45) is 2.37. The van der Waals surface area contributed by atoms with Crippen LogP contribution in [0.2, 0.25) is 0 Å². The van der Waals surface area contributed by atoms with E-state index in [1.807, 2.05) is 11.3 Å². The molecule has 2 rings (SSSR count). The number of ether oxygens (including phenoxy) is 1. The van der Waals surface area contributed by atoms with Crippen molar-refractivity contribution in [3.8, 4) is 0 Å². The molecule has 0 spiro atoms. The molecule has 1 aliphatic heterocycles. The van der Waals surface area contributed by atoms with Gasteiger partial charge in [-0.3, -0.25) is 0 Å². The van der Waals surface area contributed by atoms with E-state index in [0.29, 0.717) is 5.41 Å². The van der Waals surface area contributed by atoms with Crippen molar-refractivity contribution in [3.63, 3.8) is 0 Å². The second-order valence-electron chi connectivity index (χ2n) is 5.05. The Balaban J connectivity index is 1.77. The summed E-state index contributed by atoms with van der Waals surface area (Å²) in [7, 11) is 0. The Hall–Kier alpha value is -0.380. The topological polar surface area (TPSA) is 21.3 Å². The van der Waals surface area contributed by atoms with Crippen LogP contribution < -0.4 is 5.32 Å². The van der Waals surface area contributed by atoms with E-state index in [-0.39, 0.29) is 0 Å². The van der Waals surface area contributed by atoms with Crippen LogP contribution in [0.3, 0.4) is 0 Å². The van der Waals surface area contributed by atoms with Crippen LogP contribution in [0.4, 0.5) is 0 Å². The van der Waals surface area contributed by atoms with Crippen LogP contribution in [0.1, 0.15) is 30.2 Å². The smallest absolute Gasteiger partial charge is 0.0471 e. The Bertz CT molecular complexity index is 328. The fraction of sp³-hybridized carbons (Fsp3) is 0.692. The molecular weight excluding hydrogens is 218 g/mol. The minimum atomic E-state index is 0.434. The van der Waals surface area contributed by atoms with Gasteiger partial charge in [-0.2, -0.15) is 0 Å². The third-order valence-corrected chi connectivity index (χ3v) is 4.53. The second-order valence-corrected chi connectivity index (χ2v) is 6.05. The van der Waals surface area contributed by atoms with E-state index < -0.39 is 0 Å². The first-order valence-electron chi connectivity index (χ1n) is 6.01. The van der Waals surface area contributed by atoms with Crippen molar-refractivity contribution in [2.75, 3.05) is 19.8 Å². The molecule has 16 heavy (non-hydrogen) atoms. The van der Waals surface area contributed by atoms with Gasteiger partial charge in [0.05, 0.1) is 0 Å². The Morgan fingerprint density at radius 3 is 2.81 bits per heavy atom. The highest BCUT2D eigenvalue weighted by molar-refractivity contribution is 7.10. The van der Waals surface area contributed by atoms with Gasteiger partial charge in [-0.25, -0.2) is 0 Å². The van der Waals surface area contributed by atoms with Gasteiger partial charge < -0.3 is 10.1 Å². The molecule has 1 aromatic rings. The number of hydrogen-bond acceptors (Lipinski definition) is 3. The van der Waals surface area contributed by atoms with E-state index in [2.05, 4.69) is 30.6 Å². The van der Waals surface area contributed by atoms with Crippen LogP contribution >= 0.6 is 11.3 Å². The highest BCUT2D eigenvalue weighted by Gasteiger charge is 2.26. The Labute approximate surface area is 102 Å². The molecule has 90 valence electrons. The molecule has 2 heterocycles. The van der Waals surface area contributed by atoms with Crippen LogP contribution in [0.25, 0.3) is 0 Å². The lowest BCUT2D eigenvalue weighted by atomic mass is 9.82. The van der Waals surface area contributed by atoms with Gasteiger partial charge in [-0.15, -0.1) is 11.3 Å². The normalized spacial score (nSPS) is 19.9. The maximum absolute atomic E-state index is 5.41. The maximum atomic E-state index is 5.41. The summed E-state index contributed by atoms with van der Waals surface area (Å²) in [4.78, 5) is 1.47. The molecule has 0 bridgehead atoms. The summed E-state index contributed by atoms with van der Waals surface area (Å²) < 4.78 is 5.41. The van der Waals surface area contributed by atoms with E-state index in [9.17, 15) is 0 Å². The van der Waals surface area contributed by atoms with Gasteiger partial charge >= 0.3 is 0 Å². The third kappa shape index (κ3) is 3.06. The average Bonchev–Trinajstić information content (AvgIpc) is 2.65. The number of rotatable bonds is 4. The van der Waals surface area contributed by atoms with E-state index >= 15 is 0 Å². The van der Waals surface area contributed by atoms with E-state index in [1.165, 1.54) is 23.3 Å². The summed E-state index contributed by atoms with van der Waals surface area (Å²) in [6, 6.07) is 2.19. The first-order valence-corrected chi connectivity index (χ1v) is 6.89. The minimum absolute atomic E-state index is 0.434. The largest absolute Gasteiger partial charge is 0.381 e. The quantitative estimate of drug-likeness (QED) is 0.872. The molecule has 1 aromatic heterocycles. The Morgan fingerprint density at radius 2 is 2.19 bits per heavy atom. The minimum Gasteiger partial charge on any atom is -0.381 e. The van der Waals surface area contributed by atoms with Crippen LogP contribution in [0.15, 0.2) is 11.4 Å². The van der Waals surface area contributed by atoms with Crippen molar-refractivity contribution in [1.82, 2.24) is 5.32 Å². The van der Waals surface area contributed by atoms with Gasteiger partial charge in [0.25, 0.3) is 0 Å². The zero-order valence-corrected chi connectivity index (χ0v) is 11.0. The summed E-state index contributed by atoms with van der Waals surface area (Å²) >= 11 is 1.85.